The monoisotopic (exact) mass is 315 g/mol. The summed E-state index contributed by atoms with van der Waals surface area (Å²) in [7, 11) is 0. The fourth-order valence-corrected chi connectivity index (χ4v) is 2.27. The predicted octanol–water partition coefficient (Wildman–Crippen LogP) is 5.49. The van der Waals surface area contributed by atoms with Crippen molar-refractivity contribution in [2.24, 2.45) is 15.0 Å². The van der Waals surface area contributed by atoms with Crippen LogP contribution in [0.1, 0.15) is 6.42 Å². The lowest BCUT2D eigenvalue weighted by molar-refractivity contribution is 1.47. The van der Waals surface area contributed by atoms with E-state index in [1.165, 1.54) is 0 Å². The number of para-hydroxylation sites is 2. The summed E-state index contributed by atoms with van der Waals surface area (Å²) in [6.07, 6.45) is 2.18. The zero-order valence-electron chi connectivity index (χ0n) is 11.0. The number of rotatable bonds is 2. The first kappa shape index (κ1) is 14.0. The SMILES string of the molecule is ClC1=Nc2ccccc2N=C(C=Nc2ccc(Cl)cc2)C1. The maximum absolute atomic E-state index is 6.14. The molecule has 0 atom stereocenters. The Kier molecular flexibility index (Phi) is 4.13. The van der Waals surface area contributed by atoms with E-state index >= 15 is 0 Å². The molecule has 0 saturated carbocycles. The molecule has 2 aromatic carbocycles. The highest BCUT2D eigenvalue weighted by atomic mass is 35.5. The quantitative estimate of drug-likeness (QED) is 0.657. The van der Waals surface area contributed by atoms with Crippen molar-refractivity contribution in [3.8, 4) is 0 Å². The highest BCUT2D eigenvalue weighted by Gasteiger charge is 2.10. The molecule has 1 heterocycles. The Morgan fingerprint density at radius 3 is 2.29 bits per heavy atom. The van der Waals surface area contributed by atoms with Gasteiger partial charge in [0, 0.05) is 17.7 Å². The van der Waals surface area contributed by atoms with Gasteiger partial charge in [0.15, 0.2) is 0 Å². The van der Waals surface area contributed by atoms with Gasteiger partial charge in [-0.25, -0.2) is 9.98 Å². The second-order valence-electron chi connectivity index (χ2n) is 4.49. The Morgan fingerprint density at radius 1 is 0.905 bits per heavy atom. The van der Waals surface area contributed by atoms with Crippen molar-refractivity contribution >= 4 is 57.4 Å². The van der Waals surface area contributed by atoms with E-state index in [2.05, 4.69) is 15.0 Å². The standard InChI is InChI=1S/C16H11Cl2N3/c17-11-5-7-12(8-6-11)19-10-13-9-16(18)21-15-4-2-1-3-14(15)20-13/h1-8,10H,9H2. The average molecular weight is 316 g/mol. The first-order valence-corrected chi connectivity index (χ1v) is 7.15. The van der Waals surface area contributed by atoms with Crippen LogP contribution in [0.25, 0.3) is 0 Å². The normalized spacial score (nSPS) is 14.4. The van der Waals surface area contributed by atoms with E-state index < -0.39 is 0 Å². The number of hydrogen-bond donors (Lipinski definition) is 0. The van der Waals surface area contributed by atoms with Gasteiger partial charge in [0.1, 0.15) is 5.17 Å². The Bertz CT molecular complexity index is 746. The van der Waals surface area contributed by atoms with Crippen molar-refractivity contribution in [1.82, 2.24) is 0 Å². The van der Waals surface area contributed by atoms with Crippen LogP contribution in [-0.4, -0.2) is 17.1 Å². The van der Waals surface area contributed by atoms with Gasteiger partial charge >= 0.3 is 0 Å². The van der Waals surface area contributed by atoms with Crippen molar-refractivity contribution in [2.45, 2.75) is 6.42 Å². The van der Waals surface area contributed by atoms with Crippen LogP contribution in [0.15, 0.2) is 63.5 Å². The van der Waals surface area contributed by atoms with Crippen LogP contribution in [0.3, 0.4) is 0 Å². The first-order valence-electron chi connectivity index (χ1n) is 6.40. The molecule has 0 radical (unpaired) electrons. The van der Waals surface area contributed by atoms with E-state index in [4.69, 9.17) is 23.2 Å². The van der Waals surface area contributed by atoms with E-state index in [-0.39, 0.29) is 0 Å². The summed E-state index contributed by atoms with van der Waals surface area (Å²) in [6, 6.07) is 14.9. The molecule has 0 fully saturated rings. The van der Waals surface area contributed by atoms with Crippen LogP contribution < -0.4 is 0 Å². The van der Waals surface area contributed by atoms with Crippen molar-refractivity contribution in [2.75, 3.05) is 0 Å². The second-order valence-corrected chi connectivity index (χ2v) is 5.36. The van der Waals surface area contributed by atoms with E-state index in [0.717, 1.165) is 22.8 Å². The largest absolute Gasteiger partial charge is 0.255 e. The summed E-state index contributed by atoms with van der Waals surface area (Å²) >= 11 is 12.0. The smallest absolute Gasteiger partial charge is 0.113 e. The molecular weight excluding hydrogens is 305 g/mol. The van der Waals surface area contributed by atoms with Gasteiger partial charge in [-0.15, -0.1) is 0 Å². The molecule has 0 bridgehead atoms. The number of hydrogen-bond acceptors (Lipinski definition) is 3. The van der Waals surface area contributed by atoms with Gasteiger partial charge in [-0.3, -0.25) is 4.99 Å². The van der Waals surface area contributed by atoms with Crippen LogP contribution in [0, 0.1) is 0 Å². The molecule has 0 N–H and O–H groups in total. The molecule has 1 aliphatic rings. The van der Waals surface area contributed by atoms with Crippen LogP contribution in [0.4, 0.5) is 17.1 Å². The number of nitrogens with zero attached hydrogens (tertiary/aromatic N) is 3. The minimum atomic E-state index is 0.466. The molecule has 0 aromatic heterocycles. The summed E-state index contributed by atoms with van der Waals surface area (Å²) in [5.41, 5.74) is 3.15. The summed E-state index contributed by atoms with van der Waals surface area (Å²) in [4.78, 5) is 13.3. The lowest BCUT2D eigenvalue weighted by atomic mass is 10.2. The minimum Gasteiger partial charge on any atom is -0.255 e. The van der Waals surface area contributed by atoms with Crippen molar-refractivity contribution < 1.29 is 0 Å². The van der Waals surface area contributed by atoms with Crippen molar-refractivity contribution in [1.29, 1.82) is 0 Å². The third-order valence-electron chi connectivity index (χ3n) is 2.90. The summed E-state index contributed by atoms with van der Waals surface area (Å²) < 4.78 is 0. The predicted molar refractivity (Wildman–Crippen MR) is 90.7 cm³/mol. The van der Waals surface area contributed by atoms with Gasteiger partial charge in [-0.1, -0.05) is 35.3 Å². The van der Waals surface area contributed by atoms with Gasteiger partial charge in [-0.2, -0.15) is 0 Å². The number of fused-ring (bicyclic) bond motifs is 1. The highest BCUT2D eigenvalue weighted by molar-refractivity contribution is 6.68. The van der Waals surface area contributed by atoms with Gasteiger partial charge < -0.3 is 0 Å². The van der Waals surface area contributed by atoms with E-state index in [1.54, 1.807) is 18.3 Å². The first-order chi connectivity index (χ1) is 10.2. The third kappa shape index (κ3) is 3.57. The molecule has 0 spiro atoms. The summed E-state index contributed by atoms with van der Waals surface area (Å²) in [5, 5.41) is 1.19. The third-order valence-corrected chi connectivity index (χ3v) is 3.37. The number of halogens is 2. The molecule has 3 rings (SSSR count). The maximum atomic E-state index is 6.14. The Balaban J connectivity index is 1.91. The second kappa shape index (κ2) is 6.20. The van der Waals surface area contributed by atoms with E-state index in [0.29, 0.717) is 16.6 Å². The number of benzene rings is 2. The zero-order valence-corrected chi connectivity index (χ0v) is 12.5. The lowest BCUT2D eigenvalue weighted by Gasteiger charge is -1.98. The molecule has 0 saturated heterocycles. The van der Waals surface area contributed by atoms with Gasteiger partial charge in [0.25, 0.3) is 0 Å². The molecule has 0 aliphatic carbocycles. The van der Waals surface area contributed by atoms with Gasteiger partial charge in [0.05, 0.1) is 22.8 Å². The van der Waals surface area contributed by atoms with E-state index in [9.17, 15) is 0 Å². The molecule has 1 aliphatic heterocycles. The summed E-state index contributed by atoms with van der Waals surface area (Å²) in [5.74, 6) is 0. The summed E-state index contributed by atoms with van der Waals surface area (Å²) in [6.45, 7) is 0. The Morgan fingerprint density at radius 2 is 1.57 bits per heavy atom. The van der Waals surface area contributed by atoms with Gasteiger partial charge in [-0.05, 0) is 36.4 Å². The molecule has 21 heavy (non-hydrogen) atoms. The van der Waals surface area contributed by atoms with Crippen molar-refractivity contribution in [3.05, 3.63) is 53.6 Å². The van der Waals surface area contributed by atoms with Crippen LogP contribution >= 0.6 is 23.2 Å². The van der Waals surface area contributed by atoms with E-state index in [1.807, 2.05) is 36.4 Å². The molecule has 3 nitrogen and oxygen atoms in total. The fourth-order valence-electron chi connectivity index (χ4n) is 1.92. The topological polar surface area (TPSA) is 37.1 Å². The Labute approximate surface area is 132 Å². The van der Waals surface area contributed by atoms with Crippen molar-refractivity contribution in [3.63, 3.8) is 0 Å². The maximum Gasteiger partial charge on any atom is 0.113 e. The minimum absolute atomic E-state index is 0.466. The van der Waals surface area contributed by atoms with Crippen LogP contribution in [0.5, 0.6) is 0 Å². The zero-order chi connectivity index (χ0) is 14.7. The molecule has 0 amide bonds. The lowest BCUT2D eigenvalue weighted by Crippen LogP contribution is -2.03. The highest BCUT2D eigenvalue weighted by Crippen LogP contribution is 2.30. The van der Waals surface area contributed by atoms with Crippen LogP contribution in [-0.2, 0) is 0 Å². The molecule has 0 unspecified atom stereocenters. The van der Waals surface area contributed by atoms with Gasteiger partial charge in [0.2, 0.25) is 0 Å². The molecule has 2 aromatic rings. The van der Waals surface area contributed by atoms with Crippen LogP contribution in [0.2, 0.25) is 5.02 Å². The number of aliphatic imine (C=N–C) groups is 3. The molecule has 5 heteroatoms. The molecular formula is C16H11Cl2N3. The molecule has 104 valence electrons. The average Bonchev–Trinajstić information content (AvgIpc) is 2.64. The fraction of sp³-hybridized carbons (Fsp3) is 0.0625. The Hall–Kier alpha value is -1.97.